The molecule has 0 aliphatic carbocycles. The SMILES string of the molecule is C=CCn1c(S[C@@H](C)C(=O)N(C(C)C)C(C)C)nc2sc(C)c(C)c2c1=O. The van der Waals surface area contributed by atoms with E-state index in [1.165, 1.54) is 23.1 Å². The highest BCUT2D eigenvalue weighted by Crippen LogP contribution is 2.30. The predicted octanol–water partition coefficient (Wildman–Crippen LogP) is 4.39. The molecule has 2 heterocycles. The third-order valence-electron chi connectivity index (χ3n) is 4.56. The molecule has 0 fully saturated rings. The van der Waals surface area contributed by atoms with Crippen molar-refractivity contribution < 1.29 is 4.79 Å². The van der Waals surface area contributed by atoms with Gasteiger partial charge in [0.25, 0.3) is 5.56 Å². The summed E-state index contributed by atoms with van der Waals surface area (Å²) in [4.78, 5) is 34.5. The maximum absolute atomic E-state index is 13.0. The second-order valence-corrected chi connectivity index (χ2v) is 9.77. The Bertz CT molecular complexity index is 904. The molecule has 0 aromatic carbocycles. The van der Waals surface area contributed by atoms with Crippen molar-refractivity contribution in [2.24, 2.45) is 0 Å². The molecule has 2 rings (SSSR count). The summed E-state index contributed by atoms with van der Waals surface area (Å²) in [6, 6.07) is 0.239. The van der Waals surface area contributed by atoms with Crippen LogP contribution in [0.2, 0.25) is 0 Å². The van der Waals surface area contributed by atoms with Crippen LogP contribution in [0.4, 0.5) is 0 Å². The minimum absolute atomic E-state index is 0.0584. The van der Waals surface area contributed by atoms with E-state index in [1.807, 2.05) is 53.4 Å². The van der Waals surface area contributed by atoms with Crippen molar-refractivity contribution in [3.63, 3.8) is 0 Å². The Morgan fingerprint density at radius 1 is 1.26 bits per heavy atom. The minimum Gasteiger partial charge on any atom is -0.337 e. The number of aromatic nitrogens is 2. The average molecular weight is 408 g/mol. The third kappa shape index (κ3) is 4.29. The molecule has 1 atom stereocenters. The highest BCUT2D eigenvalue weighted by Gasteiger charge is 2.27. The minimum atomic E-state index is -0.336. The molecule has 1 amide bonds. The number of fused-ring (bicyclic) bond motifs is 1. The summed E-state index contributed by atoms with van der Waals surface area (Å²) in [5.74, 6) is 0.0584. The second-order valence-electron chi connectivity index (χ2n) is 7.26. The van der Waals surface area contributed by atoms with Crippen molar-refractivity contribution in [2.75, 3.05) is 0 Å². The van der Waals surface area contributed by atoms with Crippen molar-refractivity contribution in [3.8, 4) is 0 Å². The lowest BCUT2D eigenvalue weighted by molar-refractivity contribution is -0.133. The van der Waals surface area contributed by atoms with Gasteiger partial charge in [0.2, 0.25) is 5.91 Å². The van der Waals surface area contributed by atoms with Crippen molar-refractivity contribution in [1.29, 1.82) is 0 Å². The number of hydrogen-bond donors (Lipinski definition) is 0. The van der Waals surface area contributed by atoms with E-state index < -0.39 is 0 Å². The number of amides is 1. The number of carbonyl (C=O) groups excluding carboxylic acids is 1. The molecule has 0 saturated heterocycles. The van der Waals surface area contributed by atoms with Gasteiger partial charge in [-0.05, 0) is 54.0 Å². The van der Waals surface area contributed by atoms with Crippen LogP contribution < -0.4 is 5.56 Å². The Balaban J connectivity index is 2.48. The maximum atomic E-state index is 13.0. The Hall–Kier alpha value is -1.60. The monoisotopic (exact) mass is 407 g/mol. The third-order valence-corrected chi connectivity index (χ3v) is 6.74. The number of thiophene rings is 1. The van der Waals surface area contributed by atoms with Gasteiger partial charge in [-0.25, -0.2) is 4.98 Å². The number of rotatable bonds is 7. The standard InChI is InChI=1S/C20H29N3O2S2/c1-9-10-22-19(25)16-13(6)14(7)26-17(16)21-20(22)27-15(8)18(24)23(11(2)3)12(4)5/h9,11-12,15H,1,10H2,2-8H3/t15-/m0/s1. The van der Waals surface area contributed by atoms with Crippen LogP contribution in [0.1, 0.15) is 45.1 Å². The molecular weight excluding hydrogens is 378 g/mol. The molecule has 2 aromatic heterocycles. The van der Waals surface area contributed by atoms with E-state index >= 15 is 0 Å². The molecule has 0 unspecified atom stereocenters. The molecule has 2 aromatic rings. The Kier molecular flexibility index (Phi) is 6.92. The predicted molar refractivity (Wildman–Crippen MR) is 116 cm³/mol. The summed E-state index contributed by atoms with van der Waals surface area (Å²) in [6.45, 7) is 18.0. The molecule has 0 N–H and O–H groups in total. The fourth-order valence-electron chi connectivity index (χ4n) is 3.21. The van der Waals surface area contributed by atoms with E-state index in [0.29, 0.717) is 17.1 Å². The average Bonchev–Trinajstić information content (AvgIpc) is 2.84. The number of aryl methyl sites for hydroxylation is 2. The lowest BCUT2D eigenvalue weighted by atomic mass is 10.2. The van der Waals surface area contributed by atoms with Crippen LogP contribution in [0.15, 0.2) is 22.6 Å². The molecule has 5 nitrogen and oxygen atoms in total. The van der Waals surface area contributed by atoms with Gasteiger partial charge in [-0.1, -0.05) is 17.8 Å². The van der Waals surface area contributed by atoms with Crippen LogP contribution in [-0.2, 0) is 11.3 Å². The lowest BCUT2D eigenvalue weighted by Gasteiger charge is -2.32. The van der Waals surface area contributed by atoms with Crippen LogP contribution in [0, 0.1) is 13.8 Å². The number of allylic oxidation sites excluding steroid dienone is 1. The van der Waals surface area contributed by atoms with Gasteiger partial charge in [0.1, 0.15) is 4.83 Å². The summed E-state index contributed by atoms with van der Waals surface area (Å²) in [5.41, 5.74) is 0.922. The zero-order valence-corrected chi connectivity index (χ0v) is 18.8. The smallest absolute Gasteiger partial charge is 0.263 e. The summed E-state index contributed by atoms with van der Waals surface area (Å²) in [6.07, 6.45) is 1.69. The van der Waals surface area contributed by atoms with Gasteiger partial charge in [0.05, 0.1) is 10.6 Å². The van der Waals surface area contributed by atoms with Crippen molar-refractivity contribution in [2.45, 2.75) is 77.5 Å². The first-order chi connectivity index (χ1) is 12.6. The van der Waals surface area contributed by atoms with Gasteiger partial charge in [0.15, 0.2) is 5.16 Å². The van der Waals surface area contributed by atoms with Crippen molar-refractivity contribution >= 4 is 39.2 Å². The first-order valence-electron chi connectivity index (χ1n) is 9.20. The van der Waals surface area contributed by atoms with Gasteiger partial charge < -0.3 is 4.90 Å². The topological polar surface area (TPSA) is 55.2 Å². The Morgan fingerprint density at radius 3 is 2.37 bits per heavy atom. The molecule has 7 heteroatoms. The van der Waals surface area contributed by atoms with Crippen molar-refractivity contribution in [1.82, 2.24) is 14.5 Å². The van der Waals surface area contributed by atoms with E-state index in [9.17, 15) is 9.59 Å². The van der Waals surface area contributed by atoms with E-state index in [0.717, 1.165) is 15.3 Å². The number of hydrogen-bond acceptors (Lipinski definition) is 5. The van der Waals surface area contributed by atoms with Gasteiger partial charge in [-0.2, -0.15) is 0 Å². The largest absolute Gasteiger partial charge is 0.337 e. The molecule has 0 spiro atoms. The summed E-state index contributed by atoms with van der Waals surface area (Å²) in [7, 11) is 0. The number of nitrogens with zero attached hydrogens (tertiary/aromatic N) is 3. The quantitative estimate of drug-likeness (QED) is 0.388. The molecule has 0 saturated carbocycles. The lowest BCUT2D eigenvalue weighted by Crippen LogP contribution is -2.45. The molecule has 0 aliphatic rings. The van der Waals surface area contributed by atoms with Gasteiger partial charge >= 0.3 is 0 Å². The highest BCUT2D eigenvalue weighted by molar-refractivity contribution is 8.00. The van der Waals surface area contributed by atoms with Crippen LogP contribution in [0.5, 0.6) is 0 Å². The Morgan fingerprint density at radius 2 is 1.85 bits per heavy atom. The number of carbonyl (C=O) groups is 1. The zero-order chi connectivity index (χ0) is 20.5. The van der Waals surface area contributed by atoms with E-state index in [2.05, 4.69) is 6.58 Å². The number of thioether (sulfide) groups is 1. The Labute approximate surface area is 169 Å². The summed E-state index contributed by atoms with van der Waals surface area (Å²) in [5, 5.41) is 0.910. The normalized spacial score (nSPS) is 12.8. The van der Waals surface area contributed by atoms with Crippen LogP contribution >= 0.6 is 23.1 Å². The fraction of sp³-hybridized carbons (Fsp3) is 0.550. The maximum Gasteiger partial charge on any atom is 0.263 e. The second kappa shape index (κ2) is 8.61. The zero-order valence-electron chi connectivity index (χ0n) is 17.2. The fourth-order valence-corrected chi connectivity index (χ4v) is 5.26. The van der Waals surface area contributed by atoms with Gasteiger partial charge in [0, 0.05) is 23.5 Å². The molecule has 0 bridgehead atoms. The first-order valence-corrected chi connectivity index (χ1v) is 10.9. The highest BCUT2D eigenvalue weighted by atomic mass is 32.2. The van der Waals surface area contributed by atoms with Crippen LogP contribution in [0.25, 0.3) is 10.2 Å². The van der Waals surface area contributed by atoms with E-state index in [1.54, 1.807) is 10.6 Å². The molecule has 0 radical (unpaired) electrons. The molecule has 0 aliphatic heterocycles. The summed E-state index contributed by atoms with van der Waals surface area (Å²) >= 11 is 2.87. The van der Waals surface area contributed by atoms with E-state index in [4.69, 9.17) is 4.98 Å². The summed E-state index contributed by atoms with van der Waals surface area (Å²) < 4.78 is 1.62. The van der Waals surface area contributed by atoms with E-state index in [-0.39, 0.29) is 28.8 Å². The van der Waals surface area contributed by atoms with Gasteiger partial charge in [-0.3, -0.25) is 14.2 Å². The van der Waals surface area contributed by atoms with Gasteiger partial charge in [-0.15, -0.1) is 17.9 Å². The van der Waals surface area contributed by atoms with Crippen molar-refractivity contribution in [3.05, 3.63) is 33.4 Å². The molecule has 27 heavy (non-hydrogen) atoms. The first kappa shape index (κ1) is 21.7. The molecular formula is C20H29N3O2S2. The van der Waals surface area contributed by atoms with Crippen LogP contribution in [-0.4, -0.2) is 37.7 Å². The van der Waals surface area contributed by atoms with Crippen LogP contribution in [0.3, 0.4) is 0 Å². The molecule has 148 valence electrons.